The molecule has 4 rings (SSSR count). The molecule has 0 aliphatic heterocycles. The zero-order valence-electron chi connectivity index (χ0n) is 13.7. The van der Waals surface area contributed by atoms with Crippen molar-refractivity contribution in [3.05, 3.63) is 52.5 Å². The fourth-order valence-electron chi connectivity index (χ4n) is 2.49. The van der Waals surface area contributed by atoms with Crippen molar-refractivity contribution < 1.29 is 8.83 Å². The Bertz CT molecular complexity index is 1020. The highest BCUT2D eigenvalue weighted by Gasteiger charge is 2.18. The first-order valence-corrected chi connectivity index (χ1v) is 9.02. The van der Waals surface area contributed by atoms with Crippen LogP contribution in [0.2, 0.25) is 0 Å². The van der Waals surface area contributed by atoms with Crippen LogP contribution in [0.4, 0.5) is 0 Å². The van der Waals surface area contributed by atoms with E-state index in [9.17, 15) is 0 Å². The van der Waals surface area contributed by atoms with E-state index in [1.807, 2.05) is 25.2 Å². The minimum absolute atomic E-state index is 0.128. The molecule has 4 aromatic rings. The number of hydrogen-bond donors (Lipinski definition) is 0. The number of fused-ring (bicyclic) bond motifs is 1. The first-order chi connectivity index (χ1) is 12.1. The van der Waals surface area contributed by atoms with E-state index < -0.39 is 0 Å². The van der Waals surface area contributed by atoms with E-state index in [2.05, 4.69) is 23.0 Å². The molecule has 1 aromatic carbocycles. The molecule has 0 saturated heterocycles. The maximum atomic E-state index is 5.53. The van der Waals surface area contributed by atoms with Crippen molar-refractivity contribution in [3.8, 4) is 11.7 Å². The molecule has 0 N–H and O–H groups in total. The number of benzene rings is 1. The Balaban J connectivity index is 1.55. The topological polar surface area (TPSA) is 60.2 Å². The number of aromatic nitrogens is 3. The van der Waals surface area contributed by atoms with Crippen LogP contribution in [0, 0.1) is 4.84 Å². The average Bonchev–Trinajstić information content (AvgIpc) is 3.33. The summed E-state index contributed by atoms with van der Waals surface area (Å²) in [5.74, 6) is 0.947. The maximum absolute atomic E-state index is 5.53. The van der Waals surface area contributed by atoms with Crippen molar-refractivity contribution in [1.29, 1.82) is 0 Å². The predicted molar refractivity (Wildman–Crippen MR) is 98.8 cm³/mol. The average molecular weight is 372 g/mol. The van der Waals surface area contributed by atoms with E-state index in [0.717, 1.165) is 10.5 Å². The second-order valence-corrected chi connectivity index (χ2v) is 7.16. The fourth-order valence-corrected chi connectivity index (χ4v) is 3.75. The van der Waals surface area contributed by atoms with E-state index >= 15 is 0 Å². The van der Waals surface area contributed by atoms with Crippen LogP contribution < -0.4 is 0 Å². The lowest BCUT2D eigenvalue weighted by molar-refractivity contribution is 0.192. The summed E-state index contributed by atoms with van der Waals surface area (Å²) in [6.45, 7) is 2.62. The number of nitrogens with zero attached hydrogens (tertiary/aromatic N) is 4. The normalized spacial score (nSPS) is 12.9. The first-order valence-electron chi connectivity index (χ1n) is 7.79. The lowest BCUT2D eigenvalue weighted by atomic mass is 10.3. The highest BCUT2D eigenvalue weighted by Crippen LogP contribution is 2.29. The third-order valence-corrected chi connectivity index (χ3v) is 5.52. The zero-order chi connectivity index (χ0) is 17.4. The van der Waals surface area contributed by atoms with Gasteiger partial charge in [0.05, 0.1) is 29.2 Å². The van der Waals surface area contributed by atoms with Crippen LogP contribution in [0.25, 0.3) is 21.9 Å². The zero-order valence-corrected chi connectivity index (χ0v) is 15.4. The number of thiazole rings is 1. The van der Waals surface area contributed by atoms with Crippen molar-refractivity contribution in [2.24, 2.45) is 0 Å². The summed E-state index contributed by atoms with van der Waals surface area (Å²) in [4.78, 5) is 7.17. The Morgan fingerprint density at radius 1 is 1.28 bits per heavy atom. The van der Waals surface area contributed by atoms with Gasteiger partial charge in [0.15, 0.2) is 5.76 Å². The first kappa shape index (κ1) is 16.2. The third kappa shape index (κ3) is 3.15. The highest BCUT2D eigenvalue weighted by molar-refractivity contribution is 7.71. The minimum Gasteiger partial charge on any atom is -0.459 e. The third-order valence-electron chi connectivity index (χ3n) is 4.02. The molecule has 25 heavy (non-hydrogen) atoms. The molecule has 0 saturated carbocycles. The number of rotatable bonds is 5. The Kier molecular flexibility index (Phi) is 4.24. The monoisotopic (exact) mass is 372 g/mol. The van der Waals surface area contributed by atoms with Gasteiger partial charge in [-0.2, -0.15) is 0 Å². The molecule has 1 atom stereocenters. The van der Waals surface area contributed by atoms with Gasteiger partial charge in [-0.25, -0.2) is 9.67 Å². The summed E-state index contributed by atoms with van der Waals surface area (Å²) >= 11 is 6.98. The van der Waals surface area contributed by atoms with Gasteiger partial charge in [-0.05, 0) is 50.5 Å². The van der Waals surface area contributed by atoms with E-state index in [4.69, 9.17) is 26.0 Å². The van der Waals surface area contributed by atoms with Crippen molar-refractivity contribution in [1.82, 2.24) is 19.7 Å². The molecule has 6 nitrogen and oxygen atoms in total. The van der Waals surface area contributed by atoms with Crippen LogP contribution in [0.5, 0.6) is 0 Å². The van der Waals surface area contributed by atoms with Gasteiger partial charge >= 0.3 is 0 Å². The quantitative estimate of drug-likeness (QED) is 0.472. The number of para-hydroxylation sites is 1. The van der Waals surface area contributed by atoms with Gasteiger partial charge in [0.25, 0.3) is 10.7 Å². The standard InChI is InChI=1S/C17H16N4O2S2/c1-11(16-18-12-6-3-4-8-14(12)25-16)20(2)10-21-17(24)23-15(19-21)13-7-5-9-22-13/h3-9,11H,10H2,1-2H3/t11-/m1/s1. The Morgan fingerprint density at radius 3 is 2.88 bits per heavy atom. The largest absolute Gasteiger partial charge is 0.459 e. The molecule has 0 aliphatic rings. The molecule has 3 aromatic heterocycles. The number of hydrogen-bond acceptors (Lipinski definition) is 7. The van der Waals surface area contributed by atoms with Crippen molar-refractivity contribution >= 4 is 33.8 Å². The van der Waals surface area contributed by atoms with Gasteiger partial charge < -0.3 is 8.83 Å². The molecule has 8 heteroatoms. The molecule has 3 heterocycles. The number of furan rings is 1. The SMILES string of the molecule is C[C@H](c1nc2ccccc2s1)N(C)Cn1nc(-c2ccco2)oc1=S. The van der Waals surface area contributed by atoms with Crippen molar-refractivity contribution in [2.75, 3.05) is 7.05 Å². The Hall–Kier alpha value is -2.29. The summed E-state index contributed by atoms with van der Waals surface area (Å²) in [6, 6.07) is 11.9. The molecule has 0 amide bonds. The highest BCUT2D eigenvalue weighted by atomic mass is 32.1. The molecular weight excluding hydrogens is 356 g/mol. The van der Waals surface area contributed by atoms with Crippen LogP contribution in [0.1, 0.15) is 18.0 Å². The lowest BCUT2D eigenvalue weighted by Gasteiger charge is -2.22. The predicted octanol–water partition coefficient (Wildman–Crippen LogP) is 4.73. The summed E-state index contributed by atoms with van der Waals surface area (Å²) in [7, 11) is 2.01. The van der Waals surface area contributed by atoms with E-state index in [0.29, 0.717) is 23.2 Å². The van der Waals surface area contributed by atoms with Gasteiger partial charge in [0.2, 0.25) is 0 Å². The summed E-state index contributed by atoms with van der Waals surface area (Å²) in [5, 5.41) is 5.46. The minimum atomic E-state index is 0.128. The van der Waals surface area contributed by atoms with Gasteiger partial charge in [-0.15, -0.1) is 16.4 Å². The van der Waals surface area contributed by atoms with E-state index in [-0.39, 0.29) is 6.04 Å². The Morgan fingerprint density at radius 2 is 2.12 bits per heavy atom. The van der Waals surface area contributed by atoms with Crippen molar-refractivity contribution in [3.63, 3.8) is 0 Å². The summed E-state index contributed by atoms with van der Waals surface area (Å²) in [6.07, 6.45) is 1.58. The van der Waals surface area contributed by atoms with Gasteiger partial charge in [-0.3, -0.25) is 4.90 Å². The second-order valence-electron chi connectivity index (χ2n) is 5.74. The van der Waals surface area contributed by atoms with Crippen LogP contribution in [-0.4, -0.2) is 26.7 Å². The second kappa shape index (κ2) is 6.55. The summed E-state index contributed by atoms with van der Waals surface area (Å²) < 4.78 is 13.7. The van der Waals surface area contributed by atoms with Crippen LogP contribution >= 0.6 is 23.6 Å². The molecule has 0 fully saturated rings. The molecule has 128 valence electrons. The van der Waals surface area contributed by atoms with Crippen LogP contribution in [0.3, 0.4) is 0 Å². The van der Waals surface area contributed by atoms with Crippen LogP contribution in [0.15, 0.2) is 51.5 Å². The van der Waals surface area contributed by atoms with Gasteiger partial charge in [0.1, 0.15) is 5.01 Å². The smallest absolute Gasteiger partial charge is 0.288 e. The fraction of sp³-hybridized carbons (Fsp3) is 0.235. The molecular formula is C17H16N4O2S2. The molecule has 0 bridgehead atoms. The molecule has 0 aliphatic carbocycles. The molecule has 0 spiro atoms. The maximum Gasteiger partial charge on any atom is 0.288 e. The lowest BCUT2D eigenvalue weighted by Crippen LogP contribution is -2.26. The van der Waals surface area contributed by atoms with Crippen LogP contribution in [-0.2, 0) is 6.67 Å². The van der Waals surface area contributed by atoms with Crippen molar-refractivity contribution in [2.45, 2.75) is 19.6 Å². The van der Waals surface area contributed by atoms with E-state index in [1.54, 1.807) is 34.4 Å². The van der Waals surface area contributed by atoms with Gasteiger partial charge in [-0.1, -0.05) is 12.1 Å². The molecule has 0 radical (unpaired) electrons. The van der Waals surface area contributed by atoms with E-state index in [1.165, 1.54) is 4.70 Å². The van der Waals surface area contributed by atoms with Gasteiger partial charge in [0, 0.05) is 0 Å². The summed E-state index contributed by atoms with van der Waals surface area (Å²) in [5.41, 5.74) is 1.03. The Labute approximate surface area is 153 Å². The molecule has 0 unspecified atom stereocenters.